The van der Waals surface area contributed by atoms with Crippen LogP contribution in [0.1, 0.15) is 40.0 Å². The van der Waals surface area contributed by atoms with Gasteiger partial charge < -0.3 is 24.4 Å². The fourth-order valence-electron chi connectivity index (χ4n) is 6.34. The van der Waals surface area contributed by atoms with E-state index in [2.05, 4.69) is 6.58 Å². The quantitative estimate of drug-likeness (QED) is 0.377. The van der Waals surface area contributed by atoms with Crippen LogP contribution in [0.15, 0.2) is 36.9 Å². The van der Waals surface area contributed by atoms with Crippen LogP contribution in [0.25, 0.3) is 0 Å². The second-order valence-corrected chi connectivity index (χ2v) is 10.6. The maximum Gasteiger partial charge on any atom is 0.312 e. The van der Waals surface area contributed by atoms with Crippen LogP contribution in [0.3, 0.4) is 0 Å². The number of hydrogen-bond acceptors (Lipinski definition) is 6. The van der Waals surface area contributed by atoms with Crippen molar-refractivity contribution in [1.82, 2.24) is 4.90 Å². The van der Waals surface area contributed by atoms with Crippen LogP contribution >= 0.6 is 11.6 Å². The number of amides is 2. The summed E-state index contributed by atoms with van der Waals surface area (Å²) in [6.45, 7) is 9.57. The molecule has 3 fully saturated rings. The molecule has 1 aromatic rings. The molecule has 2 bridgehead atoms. The number of fused-ring (bicyclic) bond motifs is 1. The van der Waals surface area contributed by atoms with Gasteiger partial charge in [0, 0.05) is 6.54 Å². The van der Waals surface area contributed by atoms with Crippen molar-refractivity contribution in [2.24, 2.45) is 17.8 Å². The van der Waals surface area contributed by atoms with Gasteiger partial charge in [-0.2, -0.15) is 0 Å². The number of halogens is 1. The summed E-state index contributed by atoms with van der Waals surface area (Å²) in [6, 6.07) is 5.38. The largest absolute Gasteiger partial charge is 0.466 e. The molecule has 2 amide bonds. The molecule has 9 heteroatoms. The average molecular weight is 519 g/mol. The summed E-state index contributed by atoms with van der Waals surface area (Å²) in [5.41, 5.74) is -0.684. The van der Waals surface area contributed by atoms with E-state index in [9.17, 15) is 19.5 Å². The highest BCUT2D eigenvalue weighted by Gasteiger charge is 2.75. The summed E-state index contributed by atoms with van der Waals surface area (Å²) >= 11 is 6.48. The summed E-state index contributed by atoms with van der Waals surface area (Å²) in [6.07, 6.45) is 2.62. The van der Waals surface area contributed by atoms with Crippen molar-refractivity contribution in [3.05, 3.63) is 41.9 Å². The Morgan fingerprint density at radius 2 is 2.11 bits per heavy atom. The highest BCUT2D eigenvalue weighted by Crippen LogP contribution is 2.59. The third-order valence-electron chi connectivity index (χ3n) is 7.60. The van der Waals surface area contributed by atoms with Gasteiger partial charge in [-0.3, -0.25) is 14.4 Å². The van der Waals surface area contributed by atoms with Crippen LogP contribution in [0.2, 0.25) is 5.02 Å². The zero-order valence-corrected chi connectivity index (χ0v) is 21.8. The van der Waals surface area contributed by atoms with E-state index < -0.39 is 41.6 Å². The molecular formula is C27H35ClN2O6. The molecule has 0 saturated carbocycles. The van der Waals surface area contributed by atoms with Crippen LogP contribution in [0.5, 0.6) is 0 Å². The van der Waals surface area contributed by atoms with Crippen molar-refractivity contribution in [1.29, 1.82) is 0 Å². The molecule has 3 heterocycles. The molecule has 3 aliphatic heterocycles. The van der Waals surface area contributed by atoms with E-state index in [4.69, 9.17) is 21.1 Å². The summed E-state index contributed by atoms with van der Waals surface area (Å²) in [4.78, 5) is 44.5. The third kappa shape index (κ3) is 4.23. The topological polar surface area (TPSA) is 96.4 Å². The minimum Gasteiger partial charge on any atom is -0.466 e. The van der Waals surface area contributed by atoms with Crippen molar-refractivity contribution in [3.8, 4) is 0 Å². The summed E-state index contributed by atoms with van der Waals surface area (Å²) < 4.78 is 11.8. The molecule has 0 radical (unpaired) electrons. The van der Waals surface area contributed by atoms with Crippen LogP contribution in [0.4, 0.5) is 5.69 Å². The van der Waals surface area contributed by atoms with E-state index >= 15 is 0 Å². The number of hydrogen-bond donors (Lipinski definition) is 1. The average Bonchev–Trinajstić information content (AvgIpc) is 3.48. The number of aliphatic hydroxyl groups excluding tert-OH is 1. The Labute approximate surface area is 217 Å². The number of nitrogens with zero attached hydrogens (tertiary/aromatic N) is 2. The smallest absolute Gasteiger partial charge is 0.312 e. The number of benzene rings is 1. The monoisotopic (exact) mass is 518 g/mol. The van der Waals surface area contributed by atoms with Gasteiger partial charge in [0.1, 0.15) is 11.6 Å². The number of anilines is 1. The Bertz CT molecular complexity index is 1030. The number of para-hydroxylation sites is 1. The number of esters is 1. The molecule has 1 aromatic carbocycles. The second kappa shape index (κ2) is 10.5. The lowest BCUT2D eigenvalue weighted by Crippen LogP contribution is -2.59. The minimum absolute atomic E-state index is 0.162. The van der Waals surface area contributed by atoms with E-state index in [-0.39, 0.29) is 37.5 Å². The molecule has 6 atom stereocenters. The Balaban J connectivity index is 1.83. The number of carbonyl (C=O) groups is 3. The van der Waals surface area contributed by atoms with E-state index in [1.54, 1.807) is 37.3 Å². The molecule has 36 heavy (non-hydrogen) atoms. The van der Waals surface area contributed by atoms with Crippen molar-refractivity contribution in [3.63, 3.8) is 0 Å². The number of likely N-dealkylation sites (tertiary alicyclic amines) is 1. The van der Waals surface area contributed by atoms with Crippen LogP contribution in [-0.2, 0) is 23.9 Å². The summed E-state index contributed by atoms with van der Waals surface area (Å²) in [5, 5.41) is 10.7. The van der Waals surface area contributed by atoms with Crippen LogP contribution in [0, 0.1) is 17.8 Å². The highest BCUT2D eigenvalue weighted by molar-refractivity contribution is 6.34. The fraction of sp³-hybridized carbons (Fsp3) is 0.593. The number of aliphatic hydroxyl groups is 1. The van der Waals surface area contributed by atoms with E-state index in [0.717, 1.165) is 0 Å². The van der Waals surface area contributed by atoms with Crippen LogP contribution < -0.4 is 4.90 Å². The maximum absolute atomic E-state index is 14.4. The number of rotatable bonds is 10. The highest BCUT2D eigenvalue weighted by atomic mass is 35.5. The van der Waals surface area contributed by atoms with Gasteiger partial charge in [0.15, 0.2) is 0 Å². The zero-order valence-electron chi connectivity index (χ0n) is 21.1. The third-order valence-corrected chi connectivity index (χ3v) is 7.92. The molecule has 0 aromatic heterocycles. The van der Waals surface area contributed by atoms with Crippen molar-refractivity contribution in [2.75, 3.05) is 24.7 Å². The summed E-state index contributed by atoms with van der Waals surface area (Å²) in [5.74, 6) is -2.65. The number of carbonyl (C=O) groups excluding carboxylic acids is 3. The van der Waals surface area contributed by atoms with Crippen LogP contribution in [-0.4, -0.2) is 71.3 Å². The summed E-state index contributed by atoms with van der Waals surface area (Å²) in [7, 11) is 0. The Kier molecular flexibility index (Phi) is 7.78. The fourth-order valence-corrected chi connectivity index (χ4v) is 6.58. The molecule has 3 saturated heterocycles. The number of ether oxygens (including phenoxy) is 2. The molecule has 3 aliphatic rings. The van der Waals surface area contributed by atoms with Gasteiger partial charge in [0.05, 0.1) is 47.9 Å². The lowest BCUT2D eigenvalue weighted by Gasteiger charge is -2.39. The first-order valence-corrected chi connectivity index (χ1v) is 13.0. The maximum atomic E-state index is 14.4. The zero-order chi connectivity index (χ0) is 26.2. The molecule has 4 rings (SSSR count). The standard InChI is InChI=1S/C27H35ClN2O6/c1-5-13-29(19-10-8-7-9-18(19)28)25(33)23-27-12-11-20(36-27)21(26(34)35-6-2)22(27)24(32)30(23)17(15-31)14-16(3)4/h5,7-10,16-17,20-23,31H,1,6,11-15H2,2-4H3/t17-,20-,21+,22+,23?,27?/m1/s1. The Hall–Kier alpha value is -2.42. The Morgan fingerprint density at radius 1 is 1.39 bits per heavy atom. The molecule has 8 nitrogen and oxygen atoms in total. The first-order valence-electron chi connectivity index (χ1n) is 12.7. The first kappa shape index (κ1) is 26.6. The van der Waals surface area contributed by atoms with Gasteiger partial charge in [-0.25, -0.2) is 0 Å². The van der Waals surface area contributed by atoms with Gasteiger partial charge >= 0.3 is 5.97 Å². The van der Waals surface area contributed by atoms with Crippen molar-refractivity contribution < 1.29 is 29.0 Å². The van der Waals surface area contributed by atoms with E-state index in [1.165, 1.54) is 9.80 Å². The lowest BCUT2D eigenvalue weighted by atomic mass is 9.70. The molecule has 1 N–H and O–H groups in total. The van der Waals surface area contributed by atoms with Crippen molar-refractivity contribution in [2.45, 2.75) is 63.8 Å². The minimum atomic E-state index is -1.18. The normalized spacial score (nSPS) is 29.4. The Morgan fingerprint density at radius 3 is 2.72 bits per heavy atom. The van der Waals surface area contributed by atoms with Gasteiger partial charge in [-0.1, -0.05) is 43.7 Å². The van der Waals surface area contributed by atoms with E-state index in [1.807, 2.05) is 13.8 Å². The molecule has 2 unspecified atom stereocenters. The molecule has 1 spiro atoms. The molecule has 0 aliphatic carbocycles. The molecular weight excluding hydrogens is 484 g/mol. The first-order chi connectivity index (χ1) is 17.2. The van der Waals surface area contributed by atoms with Gasteiger partial charge in [0.2, 0.25) is 5.91 Å². The van der Waals surface area contributed by atoms with E-state index in [0.29, 0.717) is 30.0 Å². The molecule has 196 valence electrons. The second-order valence-electron chi connectivity index (χ2n) is 10.2. The predicted octanol–water partition coefficient (Wildman–Crippen LogP) is 3.20. The van der Waals surface area contributed by atoms with Gasteiger partial charge in [-0.15, -0.1) is 6.58 Å². The predicted molar refractivity (Wildman–Crippen MR) is 135 cm³/mol. The van der Waals surface area contributed by atoms with Gasteiger partial charge in [-0.05, 0) is 44.2 Å². The van der Waals surface area contributed by atoms with Gasteiger partial charge in [0.25, 0.3) is 5.91 Å². The lowest BCUT2D eigenvalue weighted by molar-refractivity contribution is -0.155. The van der Waals surface area contributed by atoms with Crippen molar-refractivity contribution >= 4 is 35.1 Å². The SMILES string of the molecule is C=CCN(C(=O)C1N([C@@H](CO)CC(C)C)C(=O)[C@@H]2[C@@H](C(=O)OCC)[C@H]3CCC12O3)c1ccccc1Cl.